The lowest BCUT2D eigenvalue weighted by Gasteiger charge is -2.23. The summed E-state index contributed by atoms with van der Waals surface area (Å²) in [6, 6.07) is 5.24. The molecular weight excluding hydrogens is 215 g/mol. The highest BCUT2D eigenvalue weighted by molar-refractivity contribution is 5.55. The van der Waals surface area contributed by atoms with Crippen LogP contribution in [0.25, 0.3) is 0 Å². The third kappa shape index (κ3) is 2.44. The first-order chi connectivity index (χ1) is 8.13. The van der Waals surface area contributed by atoms with Crippen molar-refractivity contribution < 1.29 is 4.39 Å². The summed E-state index contributed by atoms with van der Waals surface area (Å²) in [4.78, 5) is 2.27. The molecule has 1 aromatic rings. The highest BCUT2D eigenvalue weighted by atomic mass is 19.1. The maximum Gasteiger partial charge on any atom is 0.129 e. The second-order valence-electron chi connectivity index (χ2n) is 5.18. The van der Waals surface area contributed by atoms with Gasteiger partial charge in [-0.25, -0.2) is 4.39 Å². The van der Waals surface area contributed by atoms with Crippen LogP contribution < -0.4 is 10.6 Å². The van der Waals surface area contributed by atoms with E-state index in [-0.39, 0.29) is 12.4 Å². The van der Waals surface area contributed by atoms with E-state index < -0.39 is 0 Å². The number of rotatable bonds is 3. The Morgan fingerprint density at radius 1 is 1.47 bits per heavy atom. The van der Waals surface area contributed by atoms with Gasteiger partial charge in [0.1, 0.15) is 5.82 Å². The molecule has 2 N–H and O–H groups in total. The summed E-state index contributed by atoms with van der Waals surface area (Å²) >= 11 is 0. The van der Waals surface area contributed by atoms with Crippen molar-refractivity contribution in [2.45, 2.75) is 26.8 Å². The molecule has 1 unspecified atom stereocenters. The molecule has 94 valence electrons. The van der Waals surface area contributed by atoms with E-state index >= 15 is 0 Å². The van der Waals surface area contributed by atoms with Gasteiger partial charge in [-0.05, 0) is 30.4 Å². The molecule has 1 saturated heterocycles. The summed E-state index contributed by atoms with van der Waals surface area (Å²) in [5.74, 6) is 1.22. The molecule has 2 nitrogen and oxygen atoms in total. The van der Waals surface area contributed by atoms with Crippen molar-refractivity contribution >= 4 is 5.69 Å². The van der Waals surface area contributed by atoms with Crippen molar-refractivity contribution in [3.63, 3.8) is 0 Å². The molecule has 1 fully saturated rings. The van der Waals surface area contributed by atoms with Gasteiger partial charge in [-0.1, -0.05) is 19.9 Å². The van der Waals surface area contributed by atoms with Gasteiger partial charge in [-0.15, -0.1) is 0 Å². The smallest absolute Gasteiger partial charge is 0.129 e. The van der Waals surface area contributed by atoms with Crippen LogP contribution in [0.1, 0.15) is 25.8 Å². The minimum absolute atomic E-state index is 0.182. The lowest BCUT2D eigenvalue weighted by atomic mass is 9.95. The third-order valence-electron chi connectivity index (χ3n) is 3.81. The molecule has 0 amide bonds. The van der Waals surface area contributed by atoms with Crippen LogP contribution in [0.4, 0.5) is 10.1 Å². The minimum atomic E-state index is -0.182. The molecule has 3 heteroatoms. The van der Waals surface area contributed by atoms with Crippen molar-refractivity contribution in [2.24, 2.45) is 17.6 Å². The molecule has 1 aromatic carbocycles. The van der Waals surface area contributed by atoms with E-state index in [4.69, 9.17) is 5.73 Å². The molecule has 1 heterocycles. The Kier molecular flexibility index (Phi) is 3.67. The first-order valence-electron chi connectivity index (χ1n) is 6.36. The fourth-order valence-corrected chi connectivity index (χ4v) is 2.60. The van der Waals surface area contributed by atoms with Crippen molar-refractivity contribution in [1.82, 2.24) is 0 Å². The quantitative estimate of drug-likeness (QED) is 0.874. The predicted molar refractivity (Wildman–Crippen MR) is 69.4 cm³/mol. The molecule has 0 saturated carbocycles. The van der Waals surface area contributed by atoms with Gasteiger partial charge in [-0.2, -0.15) is 0 Å². The van der Waals surface area contributed by atoms with Gasteiger partial charge < -0.3 is 10.6 Å². The Morgan fingerprint density at radius 2 is 2.24 bits per heavy atom. The standard InChI is InChI=1S/C14H21FN2/c1-10(2)11-6-7-17(9-11)14-5-3-4-13(15)12(14)8-16/h3-5,10-11H,6-9,16H2,1-2H3. The van der Waals surface area contributed by atoms with Crippen LogP contribution in [-0.2, 0) is 6.54 Å². The summed E-state index contributed by atoms with van der Waals surface area (Å²) in [5.41, 5.74) is 7.28. The Labute approximate surface area is 103 Å². The number of nitrogens with two attached hydrogens (primary N) is 1. The molecule has 1 atom stereocenters. The maximum atomic E-state index is 13.7. The van der Waals surface area contributed by atoms with Gasteiger partial charge in [0, 0.05) is 30.9 Å². The van der Waals surface area contributed by atoms with E-state index in [1.54, 1.807) is 6.07 Å². The Morgan fingerprint density at radius 3 is 2.82 bits per heavy atom. The first kappa shape index (κ1) is 12.4. The average Bonchev–Trinajstić information content (AvgIpc) is 2.77. The molecule has 0 bridgehead atoms. The van der Waals surface area contributed by atoms with E-state index in [1.165, 1.54) is 12.5 Å². The van der Waals surface area contributed by atoms with Gasteiger partial charge in [-0.3, -0.25) is 0 Å². The highest BCUT2D eigenvalue weighted by Gasteiger charge is 2.26. The lowest BCUT2D eigenvalue weighted by Crippen LogP contribution is -2.23. The summed E-state index contributed by atoms with van der Waals surface area (Å²) in [5, 5.41) is 0. The summed E-state index contributed by atoms with van der Waals surface area (Å²) in [6.45, 7) is 6.81. The fraction of sp³-hybridized carbons (Fsp3) is 0.571. The van der Waals surface area contributed by atoms with Crippen molar-refractivity contribution in [3.8, 4) is 0 Å². The van der Waals surface area contributed by atoms with E-state index in [0.29, 0.717) is 17.4 Å². The number of nitrogens with zero attached hydrogens (tertiary/aromatic N) is 1. The maximum absolute atomic E-state index is 13.7. The minimum Gasteiger partial charge on any atom is -0.371 e. The van der Waals surface area contributed by atoms with Crippen LogP contribution in [0.15, 0.2) is 18.2 Å². The first-order valence-corrected chi connectivity index (χ1v) is 6.36. The third-order valence-corrected chi connectivity index (χ3v) is 3.81. The fourth-order valence-electron chi connectivity index (χ4n) is 2.60. The molecule has 1 aliphatic rings. The molecular formula is C14H21FN2. The van der Waals surface area contributed by atoms with Gasteiger partial charge in [0.25, 0.3) is 0 Å². The van der Waals surface area contributed by atoms with Gasteiger partial charge >= 0.3 is 0 Å². The number of hydrogen-bond donors (Lipinski definition) is 1. The zero-order chi connectivity index (χ0) is 12.4. The van der Waals surface area contributed by atoms with E-state index in [9.17, 15) is 4.39 Å². The normalized spacial score (nSPS) is 20.3. The van der Waals surface area contributed by atoms with E-state index in [2.05, 4.69) is 18.7 Å². The lowest BCUT2D eigenvalue weighted by molar-refractivity contribution is 0.422. The topological polar surface area (TPSA) is 29.3 Å². The van der Waals surface area contributed by atoms with Crippen LogP contribution >= 0.6 is 0 Å². The van der Waals surface area contributed by atoms with Crippen LogP contribution in [-0.4, -0.2) is 13.1 Å². The molecule has 2 rings (SSSR count). The van der Waals surface area contributed by atoms with Crippen LogP contribution in [0.2, 0.25) is 0 Å². The van der Waals surface area contributed by atoms with E-state index in [0.717, 1.165) is 18.8 Å². The van der Waals surface area contributed by atoms with Gasteiger partial charge in [0.15, 0.2) is 0 Å². The predicted octanol–water partition coefficient (Wildman–Crippen LogP) is 2.77. The Hall–Kier alpha value is -1.09. The Bertz CT molecular complexity index is 390. The highest BCUT2D eigenvalue weighted by Crippen LogP contribution is 2.31. The summed E-state index contributed by atoms with van der Waals surface area (Å²) in [6.07, 6.45) is 1.19. The molecule has 0 spiro atoms. The molecule has 1 aliphatic heterocycles. The van der Waals surface area contributed by atoms with Crippen molar-refractivity contribution in [1.29, 1.82) is 0 Å². The number of halogens is 1. The molecule has 0 radical (unpaired) electrons. The van der Waals surface area contributed by atoms with Crippen LogP contribution in [0.3, 0.4) is 0 Å². The average molecular weight is 236 g/mol. The van der Waals surface area contributed by atoms with Gasteiger partial charge in [0.05, 0.1) is 0 Å². The molecule has 0 aromatic heterocycles. The molecule has 0 aliphatic carbocycles. The summed E-state index contributed by atoms with van der Waals surface area (Å²) in [7, 11) is 0. The molecule has 17 heavy (non-hydrogen) atoms. The zero-order valence-electron chi connectivity index (χ0n) is 10.6. The zero-order valence-corrected chi connectivity index (χ0v) is 10.6. The second kappa shape index (κ2) is 5.05. The summed E-state index contributed by atoms with van der Waals surface area (Å²) < 4.78 is 13.7. The van der Waals surface area contributed by atoms with Crippen molar-refractivity contribution in [3.05, 3.63) is 29.6 Å². The monoisotopic (exact) mass is 236 g/mol. The van der Waals surface area contributed by atoms with E-state index in [1.807, 2.05) is 6.07 Å². The van der Waals surface area contributed by atoms with Crippen LogP contribution in [0.5, 0.6) is 0 Å². The second-order valence-corrected chi connectivity index (χ2v) is 5.18. The SMILES string of the molecule is CC(C)C1CCN(c2cccc(F)c2CN)C1. The van der Waals surface area contributed by atoms with Crippen LogP contribution in [0, 0.1) is 17.7 Å². The van der Waals surface area contributed by atoms with Gasteiger partial charge in [0.2, 0.25) is 0 Å². The number of anilines is 1. The largest absolute Gasteiger partial charge is 0.371 e. The van der Waals surface area contributed by atoms with Crippen molar-refractivity contribution in [2.75, 3.05) is 18.0 Å². The Balaban J connectivity index is 2.21. The number of benzene rings is 1. The number of hydrogen-bond acceptors (Lipinski definition) is 2.